The maximum Gasteiger partial charge on any atom is 0.263 e. The summed E-state index contributed by atoms with van der Waals surface area (Å²) in [4.78, 5) is 23.6. The summed E-state index contributed by atoms with van der Waals surface area (Å²) in [7, 11) is -3.05. The predicted octanol–water partition coefficient (Wildman–Crippen LogP) is 2.07. The lowest BCUT2D eigenvalue weighted by Crippen LogP contribution is -2.31. The topological polar surface area (TPSA) is 63.2 Å². The van der Waals surface area contributed by atoms with Gasteiger partial charge < -0.3 is 0 Å². The van der Waals surface area contributed by atoms with E-state index in [2.05, 4.69) is 16.3 Å². The first-order chi connectivity index (χ1) is 10.1. The van der Waals surface area contributed by atoms with Crippen LogP contribution in [0.25, 0.3) is 0 Å². The summed E-state index contributed by atoms with van der Waals surface area (Å²) in [6, 6.07) is 14.7. The second kappa shape index (κ2) is 6.22. The number of hydrogen-bond donors (Lipinski definition) is 1. The van der Waals surface area contributed by atoms with Gasteiger partial charge in [0.15, 0.2) is 6.29 Å². The molecule has 5 heteroatoms. The summed E-state index contributed by atoms with van der Waals surface area (Å²) in [6.45, 7) is 3.41. The van der Waals surface area contributed by atoms with Crippen molar-refractivity contribution in [2.75, 3.05) is 0 Å². The summed E-state index contributed by atoms with van der Waals surface area (Å²) in [5.41, 5.74) is 0.389. The number of carbonyl (C=O) groups is 2. The Morgan fingerprint density at radius 3 is 2.33 bits per heavy atom. The highest BCUT2D eigenvalue weighted by molar-refractivity contribution is 7.99. The molecule has 1 unspecified atom stereocenters. The highest BCUT2D eigenvalue weighted by Gasteiger charge is 2.17. The van der Waals surface area contributed by atoms with E-state index in [1.807, 2.05) is 0 Å². The Morgan fingerprint density at radius 2 is 1.71 bits per heavy atom. The fraction of sp³-hybridized carbons (Fsp3) is 0. The van der Waals surface area contributed by atoms with Crippen LogP contribution in [0.15, 0.2) is 66.1 Å². The first-order valence-corrected chi connectivity index (χ1v) is 7.66. The molecule has 1 amide bonds. The van der Waals surface area contributed by atoms with Crippen molar-refractivity contribution in [3.05, 3.63) is 72.3 Å². The zero-order valence-corrected chi connectivity index (χ0v) is 11.9. The van der Waals surface area contributed by atoms with E-state index in [-0.39, 0.29) is 11.1 Å². The van der Waals surface area contributed by atoms with Gasteiger partial charge in [0, 0.05) is 5.56 Å². The Bertz CT molecular complexity index is 814. The van der Waals surface area contributed by atoms with E-state index in [1.165, 1.54) is 12.1 Å². The molecule has 0 aromatic heterocycles. The monoisotopic (exact) mass is 299 g/mol. The second-order valence-electron chi connectivity index (χ2n) is 4.15. The van der Waals surface area contributed by atoms with Gasteiger partial charge in [-0.2, -0.15) is 0 Å². The lowest BCUT2D eigenvalue weighted by molar-refractivity contribution is 0.0976. The summed E-state index contributed by atoms with van der Waals surface area (Å²) >= 11 is 0. The molecule has 0 aliphatic heterocycles. The third-order valence-corrected chi connectivity index (χ3v) is 4.66. The molecule has 0 radical (unpaired) electrons. The largest absolute Gasteiger partial charge is 0.298 e. The molecule has 0 spiro atoms. The van der Waals surface area contributed by atoms with Crippen LogP contribution in [0.5, 0.6) is 0 Å². The summed E-state index contributed by atoms with van der Waals surface area (Å²) in [5.74, 6) is -0.609. The molecule has 0 heterocycles. The van der Waals surface area contributed by atoms with E-state index in [9.17, 15) is 13.8 Å². The van der Waals surface area contributed by atoms with Crippen molar-refractivity contribution >= 4 is 26.9 Å². The normalized spacial score (nSPS) is 12.8. The summed E-state index contributed by atoms with van der Waals surface area (Å²) < 4.78 is 15.2. The van der Waals surface area contributed by atoms with E-state index < -0.39 is 15.6 Å². The first-order valence-electron chi connectivity index (χ1n) is 6.10. The first kappa shape index (κ1) is 14.8. The van der Waals surface area contributed by atoms with Crippen LogP contribution in [-0.2, 0) is 9.71 Å². The molecule has 2 aromatic rings. The molecule has 0 saturated heterocycles. The lowest BCUT2D eigenvalue weighted by atomic mass is 10.1. The number of aldehydes is 1. The lowest BCUT2D eigenvalue weighted by Gasteiger charge is -2.11. The highest BCUT2D eigenvalue weighted by atomic mass is 32.2. The Kier molecular flexibility index (Phi) is 4.38. The van der Waals surface area contributed by atoms with Gasteiger partial charge in [0.2, 0.25) is 0 Å². The van der Waals surface area contributed by atoms with Crippen molar-refractivity contribution < 1.29 is 13.8 Å². The van der Waals surface area contributed by atoms with Crippen LogP contribution in [0.2, 0.25) is 0 Å². The van der Waals surface area contributed by atoms with Crippen molar-refractivity contribution in [2.45, 2.75) is 4.90 Å². The number of nitrogens with one attached hydrogen (secondary N) is 1. The number of rotatable bonds is 4. The molecule has 0 aliphatic rings. The molecule has 21 heavy (non-hydrogen) atoms. The SMILES string of the molecule is C=C=S(=O)(NC(=O)c1ccccc1C=O)c1ccccc1. The van der Waals surface area contributed by atoms with Crippen molar-refractivity contribution in [1.29, 1.82) is 0 Å². The third kappa shape index (κ3) is 3.11. The van der Waals surface area contributed by atoms with Crippen LogP contribution in [0.3, 0.4) is 0 Å². The molecule has 0 fully saturated rings. The fourth-order valence-electron chi connectivity index (χ4n) is 1.78. The van der Waals surface area contributed by atoms with Crippen LogP contribution < -0.4 is 4.72 Å². The van der Waals surface area contributed by atoms with Crippen molar-refractivity contribution in [3.63, 3.8) is 0 Å². The molecule has 106 valence electrons. The Morgan fingerprint density at radius 1 is 1.10 bits per heavy atom. The Hall–Kier alpha value is -2.62. The highest BCUT2D eigenvalue weighted by Crippen LogP contribution is 2.11. The van der Waals surface area contributed by atoms with E-state index in [4.69, 9.17) is 0 Å². The zero-order valence-electron chi connectivity index (χ0n) is 11.1. The quantitative estimate of drug-likeness (QED) is 0.694. The van der Waals surface area contributed by atoms with Crippen molar-refractivity contribution in [3.8, 4) is 0 Å². The minimum atomic E-state index is -3.05. The molecular formula is C16H13NO3S. The Balaban J connectivity index is 2.41. The molecule has 0 aliphatic carbocycles. The molecule has 1 atom stereocenters. The van der Waals surface area contributed by atoms with Gasteiger partial charge in [-0.05, 0) is 29.8 Å². The fourth-order valence-corrected chi connectivity index (χ4v) is 3.05. The summed E-state index contributed by atoms with van der Waals surface area (Å²) in [5, 5.41) is 2.39. The van der Waals surface area contributed by atoms with Gasteiger partial charge >= 0.3 is 0 Å². The predicted molar refractivity (Wildman–Crippen MR) is 82.8 cm³/mol. The minimum Gasteiger partial charge on any atom is -0.298 e. The second-order valence-corrected chi connectivity index (χ2v) is 6.23. The van der Waals surface area contributed by atoms with Crippen LogP contribution in [0.1, 0.15) is 20.7 Å². The van der Waals surface area contributed by atoms with Gasteiger partial charge in [-0.15, -0.1) is 0 Å². The molecule has 4 nitrogen and oxygen atoms in total. The molecule has 2 rings (SSSR count). The van der Waals surface area contributed by atoms with E-state index in [1.54, 1.807) is 42.5 Å². The van der Waals surface area contributed by atoms with Crippen molar-refractivity contribution in [2.24, 2.45) is 0 Å². The van der Waals surface area contributed by atoms with Crippen LogP contribution in [0.4, 0.5) is 0 Å². The van der Waals surface area contributed by atoms with Crippen LogP contribution in [0, 0.1) is 0 Å². The average molecular weight is 299 g/mol. The number of hydrogen-bond acceptors (Lipinski definition) is 3. The smallest absolute Gasteiger partial charge is 0.263 e. The van der Waals surface area contributed by atoms with Gasteiger partial charge in [-0.3, -0.25) is 14.3 Å². The van der Waals surface area contributed by atoms with Gasteiger partial charge in [0.1, 0.15) is 9.71 Å². The molecule has 0 bridgehead atoms. The Labute approximate surface area is 123 Å². The number of amides is 1. The van der Waals surface area contributed by atoms with Crippen molar-refractivity contribution in [1.82, 2.24) is 4.72 Å². The maximum absolute atomic E-state index is 12.7. The van der Waals surface area contributed by atoms with Gasteiger partial charge in [0.05, 0.1) is 10.5 Å². The van der Waals surface area contributed by atoms with Gasteiger partial charge in [0.25, 0.3) is 5.91 Å². The van der Waals surface area contributed by atoms with E-state index in [0.717, 1.165) is 0 Å². The third-order valence-electron chi connectivity index (χ3n) is 2.85. The molecule has 0 saturated carbocycles. The zero-order chi connectivity index (χ0) is 15.3. The molecular weight excluding hydrogens is 286 g/mol. The maximum atomic E-state index is 12.7. The van der Waals surface area contributed by atoms with E-state index >= 15 is 0 Å². The molecule has 1 N–H and O–H groups in total. The van der Waals surface area contributed by atoms with Gasteiger partial charge in [-0.25, -0.2) is 4.21 Å². The van der Waals surface area contributed by atoms with Crippen LogP contribution in [-0.4, -0.2) is 21.4 Å². The average Bonchev–Trinajstić information content (AvgIpc) is 2.55. The number of benzene rings is 2. The minimum absolute atomic E-state index is 0.159. The number of carbonyl (C=O) groups excluding carboxylic acids is 2. The van der Waals surface area contributed by atoms with Crippen LogP contribution >= 0.6 is 0 Å². The standard InChI is InChI=1S/C16H13NO3S/c1-2-21(20,14-9-4-3-5-10-14)17-16(19)15-11-7-6-8-13(15)12-18/h3-12H,1H2,(H,17,19,20). The molecule has 2 aromatic carbocycles. The summed E-state index contributed by atoms with van der Waals surface area (Å²) in [6.07, 6.45) is 0.580. The van der Waals surface area contributed by atoms with E-state index in [0.29, 0.717) is 11.2 Å². The van der Waals surface area contributed by atoms with Gasteiger partial charge in [-0.1, -0.05) is 36.4 Å².